The molecule has 0 amide bonds. The van der Waals surface area contributed by atoms with Gasteiger partial charge in [0.15, 0.2) is 9.84 Å². The molecular formula is C13H22N4O2S. The van der Waals surface area contributed by atoms with Gasteiger partial charge in [0.2, 0.25) is 0 Å². The number of aromatic nitrogens is 2. The van der Waals surface area contributed by atoms with Crippen LogP contribution in [0.15, 0.2) is 6.20 Å². The fraction of sp³-hybridized carbons (Fsp3) is 0.692. The molecule has 112 valence electrons. The van der Waals surface area contributed by atoms with E-state index in [1.807, 2.05) is 25.7 Å². The van der Waals surface area contributed by atoms with Crippen LogP contribution in [0.2, 0.25) is 0 Å². The summed E-state index contributed by atoms with van der Waals surface area (Å²) in [5, 5.41) is 0. The Morgan fingerprint density at radius 1 is 1.50 bits per heavy atom. The smallest absolute Gasteiger partial charge is 0.154 e. The predicted molar refractivity (Wildman–Crippen MR) is 79.5 cm³/mol. The highest BCUT2D eigenvalue weighted by Crippen LogP contribution is 2.25. The van der Waals surface area contributed by atoms with Gasteiger partial charge >= 0.3 is 0 Å². The first-order valence-corrected chi connectivity index (χ1v) is 8.69. The van der Waals surface area contributed by atoms with E-state index in [1.54, 1.807) is 6.20 Å². The van der Waals surface area contributed by atoms with Gasteiger partial charge in [-0.15, -0.1) is 0 Å². The summed E-state index contributed by atoms with van der Waals surface area (Å²) in [6.07, 6.45) is 1.78. The second-order valence-corrected chi connectivity index (χ2v) is 7.80. The molecule has 2 rings (SSSR count). The van der Waals surface area contributed by atoms with Gasteiger partial charge in [0.25, 0.3) is 0 Å². The molecule has 1 aliphatic rings. The van der Waals surface area contributed by atoms with Gasteiger partial charge in [-0.1, -0.05) is 13.8 Å². The summed E-state index contributed by atoms with van der Waals surface area (Å²) < 4.78 is 23.3. The van der Waals surface area contributed by atoms with Crippen molar-refractivity contribution in [2.45, 2.75) is 39.3 Å². The normalized spacial score (nSPS) is 22.2. The average Bonchev–Trinajstić information content (AvgIpc) is 2.37. The molecule has 20 heavy (non-hydrogen) atoms. The Kier molecular flexibility index (Phi) is 4.29. The van der Waals surface area contributed by atoms with Gasteiger partial charge in [-0.3, -0.25) is 0 Å². The van der Waals surface area contributed by atoms with Gasteiger partial charge in [-0.2, -0.15) is 0 Å². The van der Waals surface area contributed by atoms with Crippen LogP contribution in [0.3, 0.4) is 0 Å². The average molecular weight is 298 g/mol. The molecule has 7 heteroatoms. The summed E-state index contributed by atoms with van der Waals surface area (Å²) in [6, 6.07) is -0.0763. The molecule has 0 saturated carbocycles. The molecule has 2 heterocycles. The third-order valence-electron chi connectivity index (χ3n) is 3.55. The van der Waals surface area contributed by atoms with Crippen LogP contribution in [0.5, 0.6) is 0 Å². The lowest BCUT2D eigenvalue weighted by Crippen LogP contribution is -2.47. The Morgan fingerprint density at radius 3 is 2.75 bits per heavy atom. The van der Waals surface area contributed by atoms with E-state index < -0.39 is 9.84 Å². The first kappa shape index (κ1) is 15.2. The second-order valence-electron chi connectivity index (χ2n) is 5.58. The third-order valence-corrected chi connectivity index (χ3v) is 5.35. The molecule has 6 nitrogen and oxygen atoms in total. The number of hydrogen-bond acceptors (Lipinski definition) is 6. The lowest BCUT2D eigenvalue weighted by molar-refractivity contribution is 0.566. The Morgan fingerprint density at radius 2 is 2.20 bits per heavy atom. The van der Waals surface area contributed by atoms with Crippen LogP contribution in [0.1, 0.15) is 38.2 Å². The van der Waals surface area contributed by atoms with E-state index in [9.17, 15) is 8.42 Å². The van der Waals surface area contributed by atoms with Gasteiger partial charge in [0.1, 0.15) is 5.82 Å². The Bertz CT molecular complexity index is 586. The summed E-state index contributed by atoms with van der Waals surface area (Å²) in [7, 11) is -2.93. The maximum Gasteiger partial charge on any atom is 0.154 e. The van der Waals surface area contributed by atoms with Gasteiger partial charge in [-0.25, -0.2) is 18.4 Å². The van der Waals surface area contributed by atoms with E-state index >= 15 is 0 Å². The lowest BCUT2D eigenvalue weighted by atomic mass is 10.2. The fourth-order valence-corrected chi connectivity index (χ4v) is 4.01. The molecule has 1 aromatic heterocycles. The summed E-state index contributed by atoms with van der Waals surface area (Å²) in [5.41, 5.74) is 7.44. The zero-order valence-corrected chi connectivity index (χ0v) is 13.0. The maximum atomic E-state index is 11.7. The minimum absolute atomic E-state index is 0.0763. The molecule has 2 N–H and O–H groups in total. The first-order valence-electron chi connectivity index (χ1n) is 6.87. The predicted octanol–water partition coefficient (Wildman–Crippen LogP) is 0.682. The zero-order valence-electron chi connectivity index (χ0n) is 12.2. The van der Waals surface area contributed by atoms with Gasteiger partial charge in [0.05, 0.1) is 29.1 Å². The summed E-state index contributed by atoms with van der Waals surface area (Å²) in [5.74, 6) is 1.36. The Labute approximate surface area is 120 Å². The number of nitrogens with two attached hydrogens (primary N) is 1. The van der Waals surface area contributed by atoms with Crippen molar-refractivity contribution in [3.63, 3.8) is 0 Å². The number of nitrogens with zero attached hydrogens (tertiary/aromatic N) is 3. The minimum atomic E-state index is -2.93. The van der Waals surface area contributed by atoms with Crippen LogP contribution in [0.25, 0.3) is 0 Å². The molecule has 1 unspecified atom stereocenters. The van der Waals surface area contributed by atoms with Crippen LogP contribution in [0.4, 0.5) is 5.69 Å². The van der Waals surface area contributed by atoms with Crippen LogP contribution < -0.4 is 10.6 Å². The van der Waals surface area contributed by atoms with E-state index in [0.717, 1.165) is 17.2 Å². The van der Waals surface area contributed by atoms with Crippen molar-refractivity contribution >= 4 is 15.5 Å². The zero-order chi connectivity index (χ0) is 14.9. The van der Waals surface area contributed by atoms with Crippen molar-refractivity contribution in [3.8, 4) is 0 Å². The van der Waals surface area contributed by atoms with E-state index in [0.29, 0.717) is 13.1 Å². The number of anilines is 1. The highest BCUT2D eigenvalue weighted by atomic mass is 32.2. The second kappa shape index (κ2) is 5.65. The summed E-state index contributed by atoms with van der Waals surface area (Å²) in [6.45, 7) is 6.78. The first-order chi connectivity index (χ1) is 9.34. The van der Waals surface area contributed by atoms with Crippen molar-refractivity contribution < 1.29 is 8.42 Å². The van der Waals surface area contributed by atoms with Crippen LogP contribution >= 0.6 is 0 Å². The molecule has 1 atom stereocenters. The largest absolute Gasteiger partial charge is 0.364 e. The lowest BCUT2D eigenvalue weighted by Gasteiger charge is -2.35. The molecular weight excluding hydrogens is 276 g/mol. The van der Waals surface area contributed by atoms with E-state index in [1.165, 1.54) is 0 Å². The van der Waals surface area contributed by atoms with Crippen molar-refractivity contribution in [3.05, 3.63) is 17.7 Å². The highest BCUT2D eigenvalue weighted by molar-refractivity contribution is 7.91. The van der Waals surface area contributed by atoms with Crippen molar-refractivity contribution in [2.75, 3.05) is 23.0 Å². The van der Waals surface area contributed by atoms with Gasteiger partial charge in [-0.05, 0) is 6.92 Å². The van der Waals surface area contributed by atoms with Crippen LogP contribution in [-0.4, -0.2) is 42.5 Å². The summed E-state index contributed by atoms with van der Waals surface area (Å²) in [4.78, 5) is 10.9. The molecule has 1 fully saturated rings. The third kappa shape index (κ3) is 3.09. The molecule has 0 aliphatic carbocycles. The van der Waals surface area contributed by atoms with E-state index in [-0.39, 0.29) is 23.5 Å². The molecule has 0 radical (unpaired) electrons. The SMILES string of the molecule is CC(C)c1ncc(N2CCS(=O)(=O)CC2C)c(CN)n1. The quantitative estimate of drug-likeness (QED) is 0.883. The molecule has 1 aliphatic heterocycles. The molecule has 0 spiro atoms. The van der Waals surface area contributed by atoms with E-state index in [2.05, 4.69) is 9.97 Å². The monoisotopic (exact) mass is 298 g/mol. The topological polar surface area (TPSA) is 89.2 Å². The Balaban J connectivity index is 2.33. The number of sulfone groups is 1. The number of rotatable bonds is 3. The Hall–Kier alpha value is -1.21. The van der Waals surface area contributed by atoms with Gasteiger partial charge in [0, 0.05) is 25.0 Å². The molecule has 1 aromatic rings. The van der Waals surface area contributed by atoms with Crippen molar-refractivity contribution in [1.29, 1.82) is 0 Å². The number of hydrogen-bond donors (Lipinski definition) is 1. The van der Waals surface area contributed by atoms with Crippen molar-refractivity contribution in [1.82, 2.24) is 9.97 Å². The van der Waals surface area contributed by atoms with Gasteiger partial charge < -0.3 is 10.6 Å². The standard InChI is InChI=1S/C13H22N4O2S/c1-9(2)13-15-7-12(11(6-14)16-13)17-4-5-20(18,19)8-10(17)3/h7,9-10H,4-6,8,14H2,1-3H3. The van der Waals surface area contributed by atoms with Crippen LogP contribution in [-0.2, 0) is 16.4 Å². The minimum Gasteiger partial charge on any atom is -0.364 e. The molecule has 0 bridgehead atoms. The van der Waals surface area contributed by atoms with E-state index in [4.69, 9.17) is 5.73 Å². The fourth-order valence-electron chi connectivity index (χ4n) is 2.45. The molecule has 0 aromatic carbocycles. The molecule has 1 saturated heterocycles. The van der Waals surface area contributed by atoms with Crippen LogP contribution in [0, 0.1) is 0 Å². The summed E-state index contributed by atoms with van der Waals surface area (Å²) >= 11 is 0. The van der Waals surface area contributed by atoms with Crippen molar-refractivity contribution in [2.24, 2.45) is 5.73 Å². The highest BCUT2D eigenvalue weighted by Gasteiger charge is 2.29. The maximum absolute atomic E-state index is 11.7.